The molecular weight excluding hydrogens is 230 g/mol. The number of ether oxygens (including phenoxy) is 2. The van der Waals surface area contributed by atoms with Gasteiger partial charge in [-0.25, -0.2) is 0 Å². The van der Waals surface area contributed by atoms with Gasteiger partial charge in [-0.15, -0.1) is 0 Å². The number of carbonyl (C=O) groups is 1. The van der Waals surface area contributed by atoms with Crippen molar-refractivity contribution < 1.29 is 14.3 Å². The van der Waals surface area contributed by atoms with Gasteiger partial charge in [0.05, 0.1) is 18.6 Å². The highest BCUT2D eigenvalue weighted by Gasteiger charge is 2.28. The third kappa shape index (κ3) is 3.95. The molecule has 2 atom stereocenters. The first kappa shape index (κ1) is 13.8. The van der Waals surface area contributed by atoms with Crippen LogP contribution in [0.5, 0.6) is 0 Å². The van der Waals surface area contributed by atoms with Crippen LogP contribution in [0.15, 0.2) is 0 Å². The van der Waals surface area contributed by atoms with E-state index in [9.17, 15) is 4.79 Å². The SMILES string of the molecule is CCOC(=O)C1CCCN(CC2CCCCO2)C1. The fraction of sp³-hybridized carbons (Fsp3) is 0.929. The van der Waals surface area contributed by atoms with Gasteiger partial charge in [0, 0.05) is 19.7 Å². The second kappa shape index (κ2) is 7.10. The molecule has 2 aliphatic rings. The van der Waals surface area contributed by atoms with Gasteiger partial charge in [0.1, 0.15) is 0 Å². The Labute approximate surface area is 110 Å². The molecular formula is C14H25NO3. The predicted molar refractivity (Wildman–Crippen MR) is 69.4 cm³/mol. The van der Waals surface area contributed by atoms with Crippen LogP contribution in [-0.2, 0) is 14.3 Å². The van der Waals surface area contributed by atoms with Gasteiger partial charge in [0.2, 0.25) is 0 Å². The van der Waals surface area contributed by atoms with E-state index >= 15 is 0 Å². The van der Waals surface area contributed by atoms with E-state index in [2.05, 4.69) is 4.90 Å². The van der Waals surface area contributed by atoms with E-state index in [1.807, 2.05) is 6.92 Å². The van der Waals surface area contributed by atoms with Crippen LogP contribution in [0.2, 0.25) is 0 Å². The lowest BCUT2D eigenvalue weighted by molar-refractivity contribution is -0.150. The second-order valence-corrected chi connectivity index (χ2v) is 5.34. The Morgan fingerprint density at radius 3 is 2.94 bits per heavy atom. The summed E-state index contributed by atoms with van der Waals surface area (Å²) in [6, 6.07) is 0. The molecule has 0 radical (unpaired) electrons. The molecule has 104 valence electrons. The molecule has 0 saturated carbocycles. The molecule has 2 unspecified atom stereocenters. The van der Waals surface area contributed by atoms with Gasteiger partial charge >= 0.3 is 5.97 Å². The molecule has 0 aliphatic carbocycles. The van der Waals surface area contributed by atoms with Gasteiger partial charge in [-0.3, -0.25) is 9.69 Å². The smallest absolute Gasteiger partial charge is 0.310 e. The molecule has 0 N–H and O–H groups in total. The van der Waals surface area contributed by atoms with E-state index in [4.69, 9.17) is 9.47 Å². The molecule has 4 nitrogen and oxygen atoms in total. The molecule has 0 amide bonds. The lowest BCUT2D eigenvalue weighted by Gasteiger charge is -2.35. The lowest BCUT2D eigenvalue weighted by atomic mass is 9.97. The summed E-state index contributed by atoms with van der Waals surface area (Å²) >= 11 is 0. The molecule has 0 aromatic carbocycles. The fourth-order valence-corrected chi connectivity index (χ4v) is 2.91. The molecule has 2 saturated heterocycles. The summed E-state index contributed by atoms with van der Waals surface area (Å²) in [7, 11) is 0. The van der Waals surface area contributed by atoms with Gasteiger partial charge in [-0.05, 0) is 45.6 Å². The summed E-state index contributed by atoms with van der Waals surface area (Å²) in [5.74, 6) is 0.0500. The number of esters is 1. The summed E-state index contributed by atoms with van der Waals surface area (Å²) in [5.41, 5.74) is 0. The van der Waals surface area contributed by atoms with Crippen molar-refractivity contribution in [1.29, 1.82) is 0 Å². The maximum atomic E-state index is 11.8. The number of carbonyl (C=O) groups excluding carboxylic acids is 1. The van der Waals surface area contributed by atoms with Crippen LogP contribution in [0, 0.1) is 5.92 Å². The molecule has 2 aliphatic heterocycles. The van der Waals surface area contributed by atoms with Crippen LogP contribution in [0.4, 0.5) is 0 Å². The zero-order valence-corrected chi connectivity index (χ0v) is 11.4. The first-order chi connectivity index (χ1) is 8.79. The van der Waals surface area contributed by atoms with Gasteiger partial charge in [-0.1, -0.05) is 0 Å². The Morgan fingerprint density at radius 2 is 2.22 bits per heavy atom. The Morgan fingerprint density at radius 1 is 1.33 bits per heavy atom. The maximum Gasteiger partial charge on any atom is 0.310 e. The van der Waals surface area contributed by atoms with Gasteiger partial charge in [0.25, 0.3) is 0 Å². The van der Waals surface area contributed by atoms with E-state index in [1.54, 1.807) is 0 Å². The highest BCUT2D eigenvalue weighted by atomic mass is 16.5. The summed E-state index contributed by atoms with van der Waals surface area (Å²) in [6.45, 7) is 6.18. The molecule has 0 aromatic rings. The van der Waals surface area contributed by atoms with E-state index in [0.29, 0.717) is 12.7 Å². The molecule has 2 heterocycles. The summed E-state index contributed by atoms with van der Waals surface area (Å²) in [5, 5.41) is 0. The number of rotatable bonds is 4. The minimum absolute atomic E-state index is 0.0215. The average Bonchev–Trinajstić information content (AvgIpc) is 2.40. The normalized spacial score (nSPS) is 30.1. The second-order valence-electron chi connectivity index (χ2n) is 5.34. The van der Waals surface area contributed by atoms with Crippen LogP contribution in [0.1, 0.15) is 39.0 Å². The Bertz CT molecular complexity index is 264. The predicted octanol–water partition coefficient (Wildman–Crippen LogP) is 1.83. The van der Waals surface area contributed by atoms with Crippen molar-refractivity contribution in [3.05, 3.63) is 0 Å². The molecule has 0 spiro atoms. The Hall–Kier alpha value is -0.610. The largest absolute Gasteiger partial charge is 0.466 e. The quantitative estimate of drug-likeness (QED) is 0.718. The van der Waals surface area contributed by atoms with Crippen molar-refractivity contribution in [3.63, 3.8) is 0 Å². The van der Waals surface area contributed by atoms with Gasteiger partial charge < -0.3 is 9.47 Å². The molecule has 0 bridgehead atoms. The van der Waals surface area contributed by atoms with Crippen molar-refractivity contribution >= 4 is 5.97 Å². The first-order valence-electron chi connectivity index (χ1n) is 7.30. The summed E-state index contributed by atoms with van der Waals surface area (Å²) in [6.07, 6.45) is 6.08. The number of hydrogen-bond donors (Lipinski definition) is 0. The molecule has 4 heteroatoms. The average molecular weight is 255 g/mol. The summed E-state index contributed by atoms with van der Waals surface area (Å²) in [4.78, 5) is 14.1. The zero-order valence-electron chi connectivity index (χ0n) is 11.4. The molecule has 18 heavy (non-hydrogen) atoms. The van der Waals surface area contributed by atoms with Crippen molar-refractivity contribution in [1.82, 2.24) is 4.90 Å². The third-order valence-corrected chi connectivity index (χ3v) is 3.86. The first-order valence-corrected chi connectivity index (χ1v) is 7.30. The molecule has 0 aromatic heterocycles. The van der Waals surface area contributed by atoms with Crippen molar-refractivity contribution in [2.45, 2.75) is 45.1 Å². The third-order valence-electron chi connectivity index (χ3n) is 3.86. The van der Waals surface area contributed by atoms with Crippen molar-refractivity contribution in [2.24, 2.45) is 5.92 Å². The zero-order chi connectivity index (χ0) is 12.8. The summed E-state index contributed by atoms with van der Waals surface area (Å²) < 4.78 is 10.9. The maximum absolute atomic E-state index is 11.8. The van der Waals surface area contributed by atoms with Crippen LogP contribution < -0.4 is 0 Å². The van der Waals surface area contributed by atoms with Gasteiger partial charge in [0.15, 0.2) is 0 Å². The van der Waals surface area contributed by atoms with Crippen LogP contribution in [-0.4, -0.2) is 49.8 Å². The molecule has 2 rings (SSSR count). The van der Waals surface area contributed by atoms with Crippen LogP contribution in [0.25, 0.3) is 0 Å². The monoisotopic (exact) mass is 255 g/mol. The van der Waals surface area contributed by atoms with E-state index in [0.717, 1.165) is 39.1 Å². The Kier molecular flexibility index (Phi) is 5.45. The minimum Gasteiger partial charge on any atom is -0.466 e. The van der Waals surface area contributed by atoms with E-state index in [-0.39, 0.29) is 11.9 Å². The number of hydrogen-bond acceptors (Lipinski definition) is 4. The highest BCUT2D eigenvalue weighted by molar-refractivity contribution is 5.72. The number of nitrogens with zero attached hydrogens (tertiary/aromatic N) is 1. The fourth-order valence-electron chi connectivity index (χ4n) is 2.91. The highest BCUT2D eigenvalue weighted by Crippen LogP contribution is 2.20. The van der Waals surface area contributed by atoms with E-state index in [1.165, 1.54) is 19.3 Å². The minimum atomic E-state index is -0.0215. The Balaban J connectivity index is 1.77. The van der Waals surface area contributed by atoms with Crippen molar-refractivity contribution in [2.75, 3.05) is 32.8 Å². The van der Waals surface area contributed by atoms with E-state index < -0.39 is 0 Å². The lowest BCUT2D eigenvalue weighted by Crippen LogP contribution is -2.44. The van der Waals surface area contributed by atoms with Crippen LogP contribution >= 0.6 is 0 Å². The molecule has 2 fully saturated rings. The van der Waals surface area contributed by atoms with Gasteiger partial charge in [-0.2, -0.15) is 0 Å². The standard InChI is InChI=1S/C14H25NO3/c1-2-17-14(16)12-6-5-8-15(10-12)11-13-7-3-4-9-18-13/h12-13H,2-11H2,1H3. The van der Waals surface area contributed by atoms with Crippen LogP contribution in [0.3, 0.4) is 0 Å². The number of piperidine rings is 1. The number of likely N-dealkylation sites (tertiary alicyclic amines) is 1. The topological polar surface area (TPSA) is 38.8 Å². The van der Waals surface area contributed by atoms with Crippen molar-refractivity contribution in [3.8, 4) is 0 Å².